The summed E-state index contributed by atoms with van der Waals surface area (Å²) in [5, 5.41) is 9.75. The van der Waals surface area contributed by atoms with Crippen LogP contribution in [0.25, 0.3) is 16.6 Å². The summed E-state index contributed by atoms with van der Waals surface area (Å²) < 4.78 is 1.81. The number of benzene rings is 2. The number of carboxylic acid groups (broad SMARTS) is 1. The minimum Gasteiger partial charge on any atom is -0.481 e. The van der Waals surface area contributed by atoms with Crippen molar-refractivity contribution >= 4 is 22.8 Å². The molecule has 0 saturated heterocycles. The normalized spacial score (nSPS) is 10.2. The maximum atomic E-state index is 11.8. The van der Waals surface area contributed by atoms with Crippen LogP contribution in [-0.4, -0.2) is 21.6 Å². The molecule has 1 heterocycles. The summed E-state index contributed by atoms with van der Waals surface area (Å²) in [6.45, 7) is 4.00. The van der Waals surface area contributed by atoms with Crippen molar-refractivity contribution in [2.45, 2.75) is 26.7 Å². The molecule has 2 aromatic carbocycles. The molecule has 3 rings (SSSR count). The molecule has 3 N–H and O–H groups in total. The lowest BCUT2D eigenvalue weighted by molar-refractivity contribution is -0.136. The van der Waals surface area contributed by atoms with Crippen molar-refractivity contribution in [3.05, 3.63) is 65.9 Å². The first-order valence-corrected chi connectivity index (χ1v) is 8.27. The Morgan fingerprint density at radius 3 is 2.44 bits per heavy atom. The van der Waals surface area contributed by atoms with E-state index in [9.17, 15) is 9.59 Å². The smallest absolute Gasteiger partial charge is 0.303 e. The van der Waals surface area contributed by atoms with Gasteiger partial charge in [0, 0.05) is 17.5 Å². The zero-order valence-electron chi connectivity index (χ0n) is 14.4. The van der Waals surface area contributed by atoms with Crippen molar-refractivity contribution in [1.29, 1.82) is 0 Å². The van der Waals surface area contributed by atoms with E-state index in [-0.39, 0.29) is 6.42 Å². The number of carbonyl (C=O) groups excluding carboxylic acids is 1. The Labute approximate surface area is 146 Å². The van der Waals surface area contributed by atoms with Crippen molar-refractivity contribution in [3.63, 3.8) is 0 Å². The second-order valence-electron chi connectivity index (χ2n) is 5.35. The summed E-state index contributed by atoms with van der Waals surface area (Å²) in [4.78, 5) is 22.5. The SMILES string of the molecule is CC.NC(=O)c1cc2ccccc2n1-c1cccc(CCC(=O)O)c1. The Bertz CT molecular complexity index is 897. The van der Waals surface area contributed by atoms with Crippen LogP contribution >= 0.6 is 0 Å². The number of fused-ring (bicyclic) bond motifs is 1. The second-order valence-corrected chi connectivity index (χ2v) is 5.35. The molecule has 0 spiro atoms. The first-order chi connectivity index (χ1) is 12.1. The van der Waals surface area contributed by atoms with Crippen molar-refractivity contribution in [2.75, 3.05) is 0 Å². The van der Waals surface area contributed by atoms with Crippen LogP contribution in [0.5, 0.6) is 0 Å². The highest BCUT2D eigenvalue weighted by Crippen LogP contribution is 2.25. The molecule has 0 aliphatic heterocycles. The van der Waals surface area contributed by atoms with Gasteiger partial charge in [-0.1, -0.05) is 44.2 Å². The summed E-state index contributed by atoms with van der Waals surface area (Å²) in [6, 6.07) is 16.9. The fourth-order valence-electron chi connectivity index (χ4n) is 2.72. The molecule has 5 heteroatoms. The van der Waals surface area contributed by atoms with Gasteiger partial charge in [-0.25, -0.2) is 0 Å². The van der Waals surface area contributed by atoms with Crippen molar-refractivity contribution in [2.24, 2.45) is 5.73 Å². The number of nitrogens with zero attached hydrogens (tertiary/aromatic N) is 1. The Morgan fingerprint density at radius 2 is 1.76 bits per heavy atom. The number of amides is 1. The highest BCUT2D eigenvalue weighted by atomic mass is 16.4. The van der Waals surface area contributed by atoms with Crippen LogP contribution < -0.4 is 5.73 Å². The van der Waals surface area contributed by atoms with Gasteiger partial charge in [-0.15, -0.1) is 0 Å². The van der Waals surface area contributed by atoms with Crippen molar-refractivity contribution in [3.8, 4) is 5.69 Å². The number of para-hydroxylation sites is 1. The molecule has 0 bridgehead atoms. The Balaban J connectivity index is 0.00000109. The van der Waals surface area contributed by atoms with Crippen LogP contribution in [0.4, 0.5) is 0 Å². The van der Waals surface area contributed by atoms with Crippen LogP contribution in [0, 0.1) is 0 Å². The topological polar surface area (TPSA) is 85.3 Å². The summed E-state index contributed by atoms with van der Waals surface area (Å²) in [6.07, 6.45) is 0.507. The number of primary amides is 1. The van der Waals surface area contributed by atoms with Crippen LogP contribution in [0.1, 0.15) is 36.3 Å². The number of hydrogen-bond donors (Lipinski definition) is 2. The number of nitrogens with two attached hydrogens (primary N) is 1. The van der Waals surface area contributed by atoms with E-state index in [0.29, 0.717) is 12.1 Å². The van der Waals surface area contributed by atoms with E-state index in [1.54, 1.807) is 6.07 Å². The lowest BCUT2D eigenvalue weighted by Gasteiger charge is -2.10. The average Bonchev–Trinajstić information content (AvgIpc) is 3.02. The maximum absolute atomic E-state index is 11.8. The summed E-state index contributed by atoms with van der Waals surface area (Å²) in [5.41, 5.74) is 8.50. The number of carboxylic acids is 1. The molecule has 25 heavy (non-hydrogen) atoms. The number of aromatic nitrogens is 1. The van der Waals surface area contributed by atoms with Crippen LogP contribution in [0.15, 0.2) is 54.6 Å². The molecular formula is C20H22N2O3. The fourth-order valence-corrected chi connectivity index (χ4v) is 2.72. The largest absolute Gasteiger partial charge is 0.481 e. The van der Waals surface area contributed by atoms with E-state index < -0.39 is 11.9 Å². The van der Waals surface area contributed by atoms with Gasteiger partial charge in [-0.2, -0.15) is 0 Å². The number of rotatable bonds is 5. The van der Waals surface area contributed by atoms with E-state index in [1.165, 1.54) is 0 Å². The van der Waals surface area contributed by atoms with Gasteiger partial charge in [0.05, 0.1) is 5.52 Å². The van der Waals surface area contributed by atoms with Gasteiger partial charge < -0.3 is 15.4 Å². The Morgan fingerprint density at radius 1 is 1.04 bits per heavy atom. The lowest BCUT2D eigenvalue weighted by Crippen LogP contribution is -2.16. The van der Waals surface area contributed by atoms with Gasteiger partial charge in [0.25, 0.3) is 5.91 Å². The van der Waals surface area contributed by atoms with Crippen LogP contribution in [0.2, 0.25) is 0 Å². The zero-order chi connectivity index (χ0) is 18.4. The molecule has 0 saturated carbocycles. The Kier molecular flexibility index (Phi) is 5.95. The van der Waals surface area contributed by atoms with Gasteiger partial charge in [0.2, 0.25) is 0 Å². The highest BCUT2D eigenvalue weighted by molar-refractivity contribution is 5.99. The Hall–Kier alpha value is -3.08. The van der Waals surface area contributed by atoms with Crippen LogP contribution in [0.3, 0.4) is 0 Å². The lowest BCUT2D eigenvalue weighted by atomic mass is 10.1. The molecule has 0 radical (unpaired) electrons. The molecule has 130 valence electrons. The fraction of sp³-hybridized carbons (Fsp3) is 0.200. The molecule has 0 aliphatic carbocycles. The summed E-state index contributed by atoms with van der Waals surface area (Å²) in [7, 11) is 0. The third-order valence-corrected chi connectivity index (χ3v) is 3.76. The number of hydrogen-bond acceptors (Lipinski definition) is 2. The van der Waals surface area contributed by atoms with Gasteiger partial charge in [0.1, 0.15) is 5.69 Å². The van der Waals surface area contributed by atoms with E-state index in [4.69, 9.17) is 10.8 Å². The van der Waals surface area contributed by atoms with E-state index in [2.05, 4.69) is 0 Å². The minimum absolute atomic E-state index is 0.0680. The molecule has 1 aromatic heterocycles. The third kappa shape index (κ3) is 4.07. The quantitative estimate of drug-likeness (QED) is 0.742. The predicted molar refractivity (Wildman–Crippen MR) is 99.1 cm³/mol. The van der Waals surface area contributed by atoms with E-state index in [1.807, 2.05) is 66.9 Å². The maximum Gasteiger partial charge on any atom is 0.303 e. The molecule has 1 amide bonds. The third-order valence-electron chi connectivity index (χ3n) is 3.76. The molecular weight excluding hydrogens is 316 g/mol. The molecule has 3 aromatic rings. The first-order valence-electron chi connectivity index (χ1n) is 8.27. The first kappa shape index (κ1) is 18.3. The van der Waals surface area contributed by atoms with Crippen molar-refractivity contribution < 1.29 is 14.7 Å². The zero-order valence-corrected chi connectivity index (χ0v) is 14.4. The molecule has 0 fully saturated rings. The number of aliphatic carboxylic acids is 1. The van der Waals surface area contributed by atoms with Gasteiger partial charge in [-0.05, 0) is 36.2 Å². The second kappa shape index (κ2) is 8.15. The summed E-state index contributed by atoms with van der Waals surface area (Å²) >= 11 is 0. The molecule has 0 aliphatic rings. The van der Waals surface area contributed by atoms with Gasteiger partial charge >= 0.3 is 5.97 Å². The van der Waals surface area contributed by atoms with E-state index >= 15 is 0 Å². The number of aryl methyl sites for hydroxylation is 1. The predicted octanol–water partition coefficient (Wildman–Crippen LogP) is 3.77. The summed E-state index contributed by atoms with van der Waals surface area (Å²) in [5.74, 6) is -1.34. The molecule has 0 unspecified atom stereocenters. The van der Waals surface area contributed by atoms with E-state index in [0.717, 1.165) is 22.2 Å². The monoisotopic (exact) mass is 338 g/mol. The average molecular weight is 338 g/mol. The highest BCUT2D eigenvalue weighted by Gasteiger charge is 2.14. The van der Waals surface area contributed by atoms with Gasteiger partial charge in [-0.3, -0.25) is 9.59 Å². The van der Waals surface area contributed by atoms with Crippen LogP contribution in [-0.2, 0) is 11.2 Å². The van der Waals surface area contributed by atoms with Crippen molar-refractivity contribution in [1.82, 2.24) is 4.57 Å². The molecule has 0 atom stereocenters. The molecule has 5 nitrogen and oxygen atoms in total. The van der Waals surface area contributed by atoms with Gasteiger partial charge in [0.15, 0.2) is 0 Å². The number of carbonyl (C=O) groups is 2. The standard InChI is InChI=1S/C18H16N2O3.C2H6/c19-18(23)16-11-13-5-1-2-7-15(13)20(16)14-6-3-4-12(10-14)8-9-17(21)22;1-2/h1-7,10-11H,8-9H2,(H2,19,23)(H,21,22);1-2H3. The minimum atomic E-state index is -0.834.